The Morgan fingerprint density at radius 2 is 1.06 bits per heavy atom. The Bertz CT molecular complexity index is 2190. The van der Waals surface area contributed by atoms with Gasteiger partial charge in [0, 0.05) is 24.2 Å². The average molecular weight is 1170 g/mol. The second-order valence-corrected chi connectivity index (χ2v) is 25.8. The summed E-state index contributed by atoms with van der Waals surface area (Å²) in [4.78, 5) is 114. The standard InChI is InChI=1S/C13H22O4.C12H20O6.2C12H20O4.C11H18O4/c1-6-12(2,3)11(15)17-13(4,5)9-7-10(14)16-8-9;1-4-12(2,3)11(15)17-7-9(13)18-8-5-6-16-10(8)14;1-5-11(2,3)10(14)16-12(4)6-7-15-9(13)8-12;1-5-12(3,4)11(14)16-8(2)9-6-7-15-10(9)13;1-5-10(2,3)9(13)15-11(4)6-8(12)14-7-11/h9H,6-8H2,1-5H3;8,11,15H,4-7H2,1-3H3;5-8H2,1-4H3;8-9H,5-7H2,1-4H3;5-7H2,1-4H3. The Balaban J connectivity index is 0.000000513. The van der Waals surface area contributed by atoms with Gasteiger partial charge in [-0.1, -0.05) is 48.5 Å². The van der Waals surface area contributed by atoms with Gasteiger partial charge >= 0.3 is 59.7 Å². The molecular formula is C60H100O22. The van der Waals surface area contributed by atoms with Crippen LogP contribution < -0.4 is 0 Å². The van der Waals surface area contributed by atoms with Gasteiger partial charge in [0.05, 0.1) is 73.3 Å². The van der Waals surface area contributed by atoms with Crippen LogP contribution in [0.1, 0.15) is 209 Å². The maximum Gasteiger partial charge on any atom is 0.347 e. The Morgan fingerprint density at radius 3 is 1.49 bits per heavy atom. The predicted octanol–water partition coefficient (Wildman–Crippen LogP) is 8.57. The van der Waals surface area contributed by atoms with Crippen LogP contribution in [-0.2, 0) is 100 Å². The Kier molecular flexibility index (Phi) is 28.7. The molecule has 5 aliphatic rings. The molecule has 0 aromatic rings. The maximum absolute atomic E-state index is 12.0. The molecule has 1 N–H and O–H groups in total. The summed E-state index contributed by atoms with van der Waals surface area (Å²) < 4.78 is 55.6. The van der Waals surface area contributed by atoms with Crippen LogP contribution in [0.15, 0.2) is 0 Å². The summed E-state index contributed by atoms with van der Waals surface area (Å²) in [7, 11) is 0. The SMILES string of the molecule is CCC(C)(C)C(=O)OC(C)(C)C1COC(=O)C1.CCC(C)(C)C(=O)OC(C)C1CCOC1=O.CCC(C)(C)C(=O)OC1(C)CCOC(=O)C1.CCC(C)(C)C(=O)OC1(C)COC(=O)C1.CCC(C)(C)C(O)OCC(=O)OC1CCOC1=O. The summed E-state index contributed by atoms with van der Waals surface area (Å²) in [5.74, 6) is -3.60. The van der Waals surface area contributed by atoms with E-state index in [0.29, 0.717) is 71.2 Å². The molecule has 22 nitrogen and oxygen atoms in total. The third-order valence-electron chi connectivity index (χ3n) is 16.0. The molecule has 5 aliphatic heterocycles. The molecule has 7 atom stereocenters. The molecular weight excluding hydrogens is 1070 g/mol. The van der Waals surface area contributed by atoms with E-state index in [1.807, 2.05) is 118 Å². The van der Waals surface area contributed by atoms with Crippen molar-refractivity contribution in [2.75, 3.05) is 39.6 Å². The summed E-state index contributed by atoms with van der Waals surface area (Å²) in [5.41, 5.74) is -4.54. The van der Waals surface area contributed by atoms with Crippen molar-refractivity contribution in [2.24, 2.45) is 38.9 Å². The number of aliphatic hydroxyl groups is 1. The van der Waals surface area contributed by atoms with Crippen LogP contribution in [0.5, 0.6) is 0 Å². The topological polar surface area (TPSA) is 292 Å². The van der Waals surface area contributed by atoms with Crippen molar-refractivity contribution in [3.05, 3.63) is 0 Å². The molecule has 5 heterocycles. The summed E-state index contributed by atoms with van der Waals surface area (Å²) in [6.07, 6.45) is 3.50. The van der Waals surface area contributed by atoms with E-state index in [4.69, 9.17) is 47.4 Å². The van der Waals surface area contributed by atoms with E-state index in [2.05, 4.69) is 4.74 Å². The molecule has 0 spiro atoms. The van der Waals surface area contributed by atoms with Gasteiger partial charge in [-0.05, 0) is 129 Å². The minimum Gasteiger partial charge on any atom is -0.465 e. The fourth-order valence-corrected chi connectivity index (χ4v) is 7.01. The van der Waals surface area contributed by atoms with Crippen molar-refractivity contribution in [1.82, 2.24) is 0 Å². The molecule has 0 saturated carbocycles. The lowest BCUT2D eigenvalue weighted by molar-refractivity contribution is -0.188. The molecule has 82 heavy (non-hydrogen) atoms. The number of hydrogen-bond acceptors (Lipinski definition) is 22. The van der Waals surface area contributed by atoms with E-state index in [-0.39, 0.29) is 92.3 Å². The van der Waals surface area contributed by atoms with Crippen LogP contribution in [0.2, 0.25) is 0 Å². The highest BCUT2D eigenvalue weighted by atomic mass is 16.6. The van der Waals surface area contributed by atoms with Crippen molar-refractivity contribution in [2.45, 2.75) is 244 Å². The number of cyclic esters (lactones) is 5. The summed E-state index contributed by atoms with van der Waals surface area (Å²) in [6.45, 7) is 38.2. The molecule has 472 valence electrons. The third kappa shape index (κ3) is 24.1. The second-order valence-electron chi connectivity index (χ2n) is 25.8. The number of esters is 10. The molecule has 0 aromatic carbocycles. The Hall–Kier alpha value is -5.38. The van der Waals surface area contributed by atoms with E-state index < -0.39 is 74.3 Å². The lowest BCUT2D eigenvalue weighted by Crippen LogP contribution is -2.43. The molecule has 0 aromatic heterocycles. The summed E-state index contributed by atoms with van der Waals surface area (Å²) >= 11 is 0. The van der Waals surface area contributed by atoms with Crippen LogP contribution in [0.4, 0.5) is 0 Å². The molecule has 5 saturated heterocycles. The molecule has 0 amide bonds. The summed E-state index contributed by atoms with van der Waals surface area (Å²) in [5, 5.41) is 9.72. The molecule has 0 aliphatic carbocycles. The zero-order valence-corrected chi connectivity index (χ0v) is 52.9. The van der Waals surface area contributed by atoms with E-state index in [9.17, 15) is 53.1 Å². The number of carbonyl (C=O) groups is 10. The quantitative estimate of drug-likeness (QED) is 0.0678. The molecule has 22 heteroatoms. The lowest BCUT2D eigenvalue weighted by Gasteiger charge is -2.35. The van der Waals surface area contributed by atoms with Crippen molar-refractivity contribution in [3.8, 4) is 0 Å². The third-order valence-corrected chi connectivity index (χ3v) is 16.0. The fraction of sp³-hybridized carbons (Fsp3) is 0.833. The van der Waals surface area contributed by atoms with Gasteiger partial charge in [0.2, 0.25) is 6.10 Å². The highest BCUT2D eigenvalue weighted by Gasteiger charge is 2.45. The van der Waals surface area contributed by atoms with Crippen LogP contribution >= 0.6 is 0 Å². The van der Waals surface area contributed by atoms with E-state index in [0.717, 1.165) is 6.42 Å². The van der Waals surface area contributed by atoms with Crippen molar-refractivity contribution >= 4 is 59.7 Å². The zero-order chi connectivity index (χ0) is 63.5. The lowest BCUT2D eigenvalue weighted by atomic mass is 9.87. The molecule has 5 rings (SSSR count). The molecule has 0 bridgehead atoms. The second kappa shape index (κ2) is 31.5. The average Bonchev–Trinajstić information content (AvgIpc) is 4.21. The van der Waals surface area contributed by atoms with Crippen molar-refractivity contribution in [1.29, 1.82) is 0 Å². The summed E-state index contributed by atoms with van der Waals surface area (Å²) in [6, 6.07) is 0. The van der Waals surface area contributed by atoms with Crippen LogP contribution in [0.3, 0.4) is 0 Å². The van der Waals surface area contributed by atoms with Crippen LogP contribution in [0.25, 0.3) is 0 Å². The van der Waals surface area contributed by atoms with Gasteiger partial charge < -0.3 is 57.2 Å². The smallest absolute Gasteiger partial charge is 0.347 e. The van der Waals surface area contributed by atoms with E-state index >= 15 is 0 Å². The van der Waals surface area contributed by atoms with Gasteiger partial charge in [0.15, 0.2) is 11.9 Å². The monoisotopic (exact) mass is 1170 g/mol. The van der Waals surface area contributed by atoms with Gasteiger partial charge in [-0.2, -0.15) is 0 Å². The minimum absolute atomic E-state index is 0.0494. The van der Waals surface area contributed by atoms with E-state index in [1.165, 1.54) is 0 Å². The minimum atomic E-state index is -1.05. The van der Waals surface area contributed by atoms with E-state index in [1.54, 1.807) is 20.8 Å². The first-order valence-electron chi connectivity index (χ1n) is 28.7. The van der Waals surface area contributed by atoms with Crippen molar-refractivity contribution < 1.29 is 105 Å². The molecule has 7 unspecified atom stereocenters. The first-order valence-corrected chi connectivity index (χ1v) is 28.7. The highest BCUT2D eigenvalue weighted by Crippen LogP contribution is 2.35. The number of rotatable bonds is 20. The fourth-order valence-electron chi connectivity index (χ4n) is 7.01. The zero-order valence-electron chi connectivity index (χ0n) is 52.9. The van der Waals surface area contributed by atoms with Gasteiger partial charge in [-0.25, -0.2) is 9.59 Å². The molecule has 0 radical (unpaired) electrons. The maximum atomic E-state index is 12.0. The first-order chi connectivity index (χ1) is 37.5. The number of ether oxygens (including phenoxy) is 11. The van der Waals surface area contributed by atoms with Gasteiger partial charge in [-0.15, -0.1) is 0 Å². The van der Waals surface area contributed by atoms with Gasteiger partial charge in [0.25, 0.3) is 0 Å². The largest absolute Gasteiger partial charge is 0.465 e. The van der Waals surface area contributed by atoms with Crippen LogP contribution in [-0.4, -0.2) is 140 Å². The number of hydrogen-bond donors (Lipinski definition) is 1. The first kappa shape index (κ1) is 74.6. The normalized spacial score (nSPS) is 23.5. The van der Waals surface area contributed by atoms with Crippen molar-refractivity contribution in [3.63, 3.8) is 0 Å². The van der Waals surface area contributed by atoms with Gasteiger partial charge in [0.1, 0.15) is 30.5 Å². The number of carbonyl (C=O) groups excluding carboxylic acids is 10. The Labute approximate surface area is 486 Å². The Morgan fingerprint density at radius 1 is 0.585 bits per heavy atom. The molecule has 5 fully saturated rings. The highest BCUT2D eigenvalue weighted by molar-refractivity contribution is 5.82. The van der Waals surface area contributed by atoms with Gasteiger partial charge in [-0.3, -0.25) is 38.4 Å². The number of aliphatic hydroxyl groups excluding tert-OH is 1. The van der Waals surface area contributed by atoms with Crippen LogP contribution in [0, 0.1) is 38.9 Å². The predicted molar refractivity (Wildman–Crippen MR) is 296 cm³/mol.